The first kappa shape index (κ1) is 15.7. The predicted molar refractivity (Wildman–Crippen MR) is 70.1 cm³/mol. The molecule has 1 aromatic carbocycles. The number of hydrogen-bond acceptors (Lipinski definition) is 6. The molecule has 5 atom stereocenters. The van der Waals surface area contributed by atoms with Crippen LogP contribution in [-0.4, -0.2) is 58.1 Å². The van der Waals surface area contributed by atoms with Crippen molar-refractivity contribution in [2.24, 2.45) is 0 Å². The Morgan fingerprint density at radius 1 is 1.15 bits per heavy atom. The summed E-state index contributed by atoms with van der Waals surface area (Å²) in [5.74, 6) is 0. The average molecular weight is 305 g/mol. The van der Waals surface area contributed by atoms with E-state index in [0.29, 0.717) is 10.6 Å². The number of aliphatic hydroxyl groups excluding tert-OH is 4. The van der Waals surface area contributed by atoms with E-state index in [-0.39, 0.29) is 6.61 Å². The van der Waals surface area contributed by atoms with E-state index < -0.39 is 37.3 Å². The lowest BCUT2D eigenvalue weighted by Gasteiger charge is -2.23. The molecule has 0 aromatic heterocycles. The van der Waals surface area contributed by atoms with Gasteiger partial charge in [-0.15, -0.1) is 0 Å². The molecule has 0 radical (unpaired) electrons. The van der Waals surface area contributed by atoms with Crippen molar-refractivity contribution in [1.82, 2.24) is 0 Å². The second kappa shape index (κ2) is 6.82. The maximum absolute atomic E-state index is 9.89. The largest absolute Gasteiger partial charge is 0.394 e. The minimum atomic E-state index is -1.37. The third kappa shape index (κ3) is 3.12. The van der Waals surface area contributed by atoms with Crippen molar-refractivity contribution in [3.05, 3.63) is 34.9 Å². The molecule has 6 nitrogen and oxygen atoms in total. The van der Waals surface area contributed by atoms with Gasteiger partial charge in [-0.1, -0.05) is 29.8 Å². The van der Waals surface area contributed by atoms with Crippen molar-refractivity contribution in [3.63, 3.8) is 0 Å². The number of halogens is 1. The average Bonchev–Trinajstić information content (AvgIpc) is 2.90. The zero-order valence-corrected chi connectivity index (χ0v) is 11.3. The van der Waals surface area contributed by atoms with Gasteiger partial charge in [0.15, 0.2) is 6.29 Å². The lowest BCUT2D eigenvalue weighted by molar-refractivity contribution is -0.113. The molecule has 20 heavy (non-hydrogen) atoms. The van der Waals surface area contributed by atoms with Gasteiger partial charge in [0, 0.05) is 10.6 Å². The van der Waals surface area contributed by atoms with Gasteiger partial charge in [-0.2, -0.15) is 0 Å². The molecule has 1 aliphatic heterocycles. The first-order valence-corrected chi connectivity index (χ1v) is 6.59. The second-order valence-electron chi connectivity index (χ2n) is 4.55. The van der Waals surface area contributed by atoms with E-state index in [1.54, 1.807) is 24.3 Å². The summed E-state index contributed by atoms with van der Waals surface area (Å²) in [6.45, 7) is -1.00. The van der Waals surface area contributed by atoms with Gasteiger partial charge in [0.2, 0.25) is 0 Å². The van der Waals surface area contributed by atoms with Gasteiger partial charge in [0.05, 0.1) is 13.2 Å². The smallest absolute Gasteiger partial charge is 0.186 e. The molecule has 0 bridgehead atoms. The summed E-state index contributed by atoms with van der Waals surface area (Å²) in [4.78, 5) is 0. The summed E-state index contributed by atoms with van der Waals surface area (Å²) < 4.78 is 11.0. The lowest BCUT2D eigenvalue weighted by atomic mass is 10.0. The van der Waals surface area contributed by atoms with Crippen LogP contribution in [-0.2, 0) is 9.47 Å². The van der Waals surface area contributed by atoms with Gasteiger partial charge in [0.25, 0.3) is 0 Å². The normalized spacial score (nSPS) is 29.4. The van der Waals surface area contributed by atoms with Gasteiger partial charge < -0.3 is 29.9 Å². The Bertz CT molecular complexity index is 443. The van der Waals surface area contributed by atoms with Crippen LogP contribution in [0.2, 0.25) is 5.02 Å². The molecule has 0 spiro atoms. The van der Waals surface area contributed by atoms with E-state index in [1.807, 2.05) is 0 Å². The molecule has 0 aliphatic carbocycles. The van der Waals surface area contributed by atoms with Gasteiger partial charge in [-0.25, -0.2) is 0 Å². The summed E-state index contributed by atoms with van der Waals surface area (Å²) in [6, 6.07) is 6.89. The summed E-state index contributed by atoms with van der Waals surface area (Å²) in [7, 11) is 0. The first-order valence-electron chi connectivity index (χ1n) is 6.21. The fraction of sp³-hybridized carbons (Fsp3) is 0.538. The Morgan fingerprint density at radius 2 is 1.85 bits per heavy atom. The molecular formula is C13H17ClO6. The number of aliphatic hydroxyl groups is 4. The van der Waals surface area contributed by atoms with E-state index in [4.69, 9.17) is 26.2 Å². The highest BCUT2D eigenvalue weighted by atomic mass is 35.5. The van der Waals surface area contributed by atoms with Crippen molar-refractivity contribution < 1.29 is 29.9 Å². The Hall–Kier alpha value is -0.730. The molecule has 2 rings (SSSR count). The molecule has 4 N–H and O–H groups in total. The Kier molecular flexibility index (Phi) is 5.34. The van der Waals surface area contributed by atoms with E-state index >= 15 is 0 Å². The maximum atomic E-state index is 9.89. The Balaban J connectivity index is 2.15. The lowest BCUT2D eigenvalue weighted by Crippen LogP contribution is -2.45. The molecule has 1 saturated heterocycles. The van der Waals surface area contributed by atoms with Crippen LogP contribution in [0.5, 0.6) is 0 Å². The highest BCUT2D eigenvalue weighted by Gasteiger charge is 2.43. The molecule has 7 heteroatoms. The number of rotatable bonds is 5. The van der Waals surface area contributed by atoms with Crippen LogP contribution in [0.3, 0.4) is 0 Å². The minimum absolute atomic E-state index is 0.388. The topological polar surface area (TPSA) is 99.4 Å². The predicted octanol–water partition coefficient (Wildman–Crippen LogP) is -0.171. The second-order valence-corrected chi connectivity index (χ2v) is 4.96. The molecule has 0 saturated carbocycles. The van der Waals surface area contributed by atoms with Gasteiger partial charge >= 0.3 is 0 Å². The zero-order chi connectivity index (χ0) is 14.7. The Morgan fingerprint density at radius 3 is 2.45 bits per heavy atom. The van der Waals surface area contributed by atoms with Gasteiger partial charge in [-0.05, 0) is 6.07 Å². The molecule has 112 valence electrons. The van der Waals surface area contributed by atoms with Crippen LogP contribution in [0.25, 0.3) is 0 Å². The Labute approximate surface area is 121 Å². The van der Waals surface area contributed by atoms with Crippen molar-refractivity contribution in [2.45, 2.75) is 30.7 Å². The third-order valence-corrected chi connectivity index (χ3v) is 3.55. The van der Waals surface area contributed by atoms with E-state index in [0.717, 1.165) is 0 Å². The van der Waals surface area contributed by atoms with Crippen LogP contribution in [0.4, 0.5) is 0 Å². The fourth-order valence-corrected chi connectivity index (χ4v) is 2.31. The van der Waals surface area contributed by atoms with Crippen LogP contribution in [0.1, 0.15) is 11.9 Å². The summed E-state index contributed by atoms with van der Waals surface area (Å²) in [5, 5.41) is 37.9. The van der Waals surface area contributed by atoms with Gasteiger partial charge in [-0.3, -0.25) is 0 Å². The first-order chi connectivity index (χ1) is 9.58. The molecule has 0 amide bonds. The minimum Gasteiger partial charge on any atom is -0.394 e. The highest BCUT2D eigenvalue weighted by Crippen LogP contribution is 2.36. The quantitative estimate of drug-likeness (QED) is 0.603. The highest BCUT2D eigenvalue weighted by molar-refractivity contribution is 6.31. The SMILES string of the molecule is OC[C@H](O)[C@@H](O)[C@@H]1OC(c2ccccc2Cl)O[C@@H]1CO. The molecule has 1 fully saturated rings. The summed E-state index contributed by atoms with van der Waals surface area (Å²) in [5.41, 5.74) is 0.570. The number of ether oxygens (including phenoxy) is 2. The van der Waals surface area contributed by atoms with Crippen LogP contribution in [0.15, 0.2) is 24.3 Å². The molecular weight excluding hydrogens is 288 g/mol. The van der Waals surface area contributed by atoms with Gasteiger partial charge in [0.1, 0.15) is 24.4 Å². The van der Waals surface area contributed by atoms with E-state index in [1.165, 1.54) is 0 Å². The van der Waals surface area contributed by atoms with Crippen LogP contribution in [0, 0.1) is 0 Å². The standard InChI is InChI=1S/C13H17ClO6/c14-8-4-2-1-3-7(8)13-19-10(6-16)12(20-13)11(18)9(17)5-15/h1-4,9-13,15-18H,5-6H2/t9-,10+,11+,12+,13?/m0/s1. The summed E-state index contributed by atoms with van der Waals surface area (Å²) >= 11 is 6.04. The molecule has 1 aliphatic rings. The van der Waals surface area contributed by atoms with Crippen LogP contribution < -0.4 is 0 Å². The van der Waals surface area contributed by atoms with E-state index in [9.17, 15) is 15.3 Å². The monoisotopic (exact) mass is 304 g/mol. The molecule has 1 heterocycles. The zero-order valence-electron chi connectivity index (χ0n) is 10.6. The fourth-order valence-electron chi connectivity index (χ4n) is 2.09. The van der Waals surface area contributed by atoms with Crippen molar-refractivity contribution in [3.8, 4) is 0 Å². The van der Waals surface area contributed by atoms with Crippen molar-refractivity contribution in [1.29, 1.82) is 0 Å². The number of benzene rings is 1. The number of hydrogen-bond donors (Lipinski definition) is 4. The van der Waals surface area contributed by atoms with Crippen molar-refractivity contribution in [2.75, 3.05) is 13.2 Å². The van der Waals surface area contributed by atoms with Crippen molar-refractivity contribution >= 4 is 11.6 Å². The summed E-state index contributed by atoms with van der Waals surface area (Å²) in [6.07, 6.45) is -5.35. The maximum Gasteiger partial charge on any atom is 0.186 e. The third-order valence-electron chi connectivity index (χ3n) is 3.20. The molecule has 1 aromatic rings. The molecule has 1 unspecified atom stereocenters. The van der Waals surface area contributed by atoms with E-state index in [2.05, 4.69) is 0 Å². The van der Waals surface area contributed by atoms with Crippen LogP contribution >= 0.6 is 11.6 Å².